The van der Waals surface area contributed by atoms with Crippen molar-refractivity contribution in [1.29, 1.82) is 0 Å². The minimum Gasteiger partial charge on any atom is -0.339 e. The Balaban J connectivity index is 1.49. The molecule has 8 heteroatoms. The van der Waals surface area contributed by atoms with Gasteiger partial charge in [0.05, 0.1) is 15.9 Å². The molecule has 32 heavy (non-hydrogen) atoms. The van der Waals surface area contributed by atoms with Gasteiger partial charge in [-0.3, -0.25) is 4.79 Å². The molecule has 1 aliphatic carbocycles. The number of amides is 1. The van der Waals surface area contributed by atoms with E-state index in [-0.39, 0.29) is 10.8 Å². The molecule has 1 aromatic carbocycles. The minimum atomic E-state index is -3.52. The third-order valence-electron chi connectivity index (χ3n) is 7.41. The van der Waals surface area contributed by atoms with Crippen LogP contribution in [0.25, 0.3) is 11.0 Å². The average Bonchev–Trinajstić information content (AvgIpc) is 3.53. The lowest BCUT2D eigenvalue weighted by Gasteiger charge is -2.29. The Morgan fingerprint density at radius 2 is 1.84 bits per heavy atom. The van der Waals surface area contributed by atoms with E-state index in [1.807, 2.05) is 31.5 Å². The maximum Gasteiger partial charge on any atom is 0.243 e. The number of imidazole rings is 1. The molecule has 1 aliphatic heterocycles. The topological polar surface area (TPSA) is 75.5 Å². The summed E-state index contributed by atoms with van der Waals surface area (Å²) in [7, 11) is -1.59. The van der Waals surface area contributed by atoms with Crippen LogP contribution in [0.2, 0.25) is 0 Å². The zero-order chi connectivity index (χ0) is 22.9. The van der Waals surface area contributed by atoms with Gasteiger partial charge < -0.3 is 9.47 Å². The van der Waals surface area contributed by atoms with Crippen LogP contribution in [0.4, 0.5) is 0 Å². The Morgan fingerprint density at radius 3 is 2.53 bits per heavy atom. The molecule has 0 bridgehead atoms. The van der Waals surface area contributed by atoms with Crippen molar-refractivity contribution in [1.82, 2.24) is 18.8 Å². The van der Waals surface area contributed by atoms with E-state index in [4.69, 9.17) is 4.98 Å². The first-order valence-electron chi connectivity index (χ1n) is 12.1. The fourth-order valence-electron chi connectivity index (χ4n) is 5.62. The second-order valence-corrected chi connectivity index (χ2v) is 11.1. The summed E-state index contributed by atoms with van der Waals surface area (Å²) in [6.07, 6.45) is 8.40. The highest BCUT2D eigenvalue weighted by Crippen LogP contribution is 2.35. The Labute approximate surface area is 191 Å². The van der Waals surface area contributed by atoms with Crippen molar-refractivity contribution in [3.8, 4) is 0 Å². The van der Waals surface area contributed by atoms with Gasteiger partial charge in [-0.25, -0.2) is 13.4 Å². The predicted molar refractivity (Wildman–Crippen MR) is 126 cm³/mol. The van der Waals surface area contributed by atoms with Gasteiger partial charge in [0.2, 0.25) is 15.9 Å². The molecule has 2 aliphatic rings. The first kappa shape index (κ1) is 23.2. The smallest absolute Gasteiger partial charge is 0.243 e. The van der Waals surface area contributed by atoms with Crippen LogP contribution in [-0.4, -0.2) is 58.8 Å². The molecule has 0 spiro atoms. The number of fused-ring (bicyclic) bond motifs is 1. The van der Waals surface area contributed by atoms with Gasteiger partial charge in [-0.15, -0.1) is 0 Å². The number of carbonyl (C=O) groups excluding carboxylic acids is 1. The van der Waals surface area contributed by atoms with Crippen LogP contribution in [0.5, 0.6) is 0 Å². The van der Waals surface area contributed by atoms with Crippen LogP contribution < -0.4 is 0 Å². The van der Waals surface area contributed by atoms with Crippen molar-refractivity contribution in [2.45, 2.75) is 76.2 Å². The molecule has 2 heterocycles. The lowest BCUT2D eigenvalue weighted by Crippen LogP contribution is -2.39. The van der Waals surface area contributed by atoms with Gasteiger partial charge in [-0.1, -0.05) is 26.7 Å². The van der Waals surface area contributed by atoms with Crippen molar-refractivity contribution in [3.05, 3.63) is 24.0 Å². The summed E-state index contributed by atoms with van der Waals surface area (Å²) in [5.41, 5.74) is 1.55. The summed E-state index contributed by atoms with van der Waals surface area (Å²) >= 11 is 0. The van der Waals surface area contributed by atoms with Crippen molar-refractivity contribution in [2.24, 2.45) is 13.0 Å². The molecule has 7 nitrogen and oxygen atoms in total. The van der Waals surface area contributed by atoms with Gasteiger partial charge in [0.15, 0.2) is 0 Å². The summed E-state index contributed by atoms with van der Waals surface area (Å²) in [4.78, 5) is 20.1. The quantitative estimate of drug-likeness (QED) is 0.602. The zero-order valence-corrected chi connectivity index (χ0v) is 20.4. The summed E-state index contributed by atoms with van der Waals surface area (Å²) in [6, 6.07) is 5.56. The second-order valence-electron chi connectivity index (χ2n) is 9.17. The number of aromatic nitrogens is 2. The number of nitrogens with zero attached hydrogens (tertiary/aromatic N) is 4. The van der Waals surface area contributed by atoms with Gasteiger partial charge in [-0.05, 0) is 49.8 Å². The highest BCUT2D eigenvalue weighted by molar-refractivity contribution is 7.89. The van der Waals surface area contributed by atoms with Crippen LogP contribution in [0, 0.1) is 5.92 Å². The van der Waals surface area contributed by atoms with Crippen LogP contribution in [0.1, 0.15) is 64.6 Å². The van der Waals surface area contributed by atoms with Gasteiger partial charge in [0.25, 0.3) is 0 Å². The Kier molecular flexibility index (Phi) is 6.91. The molecule has 1 aromatic heterocycles. The maximum atomic E-state index is 13.0. The molecule has 4 rings (SSSR count). The Morgan fingerprint density at radius 1 is 1.12 bits per heavy atom. The largest absolute Gasteiger partial charge is 0.339 e. The standard InChI is InChI=1S/C24H36N4O3S/c1-4-27(5-2)32(30,31)19-12-13-22-20(17-19)25-23(26(22)3)14-15-24(29)28-16-8-11-21(28)18-9-6-7-10-18/h12-13,17-18,21H,4-11,14-16H2,1-3H3. The average molecular weight is 461 g/mol. The molecular formula is C24H36N4O3S. The number of hydrogen-bond acceptors (Lipinski definition) is 4. The molecule has 1 saturated carbocycles. The van der Waals surface area contributed by atoms with Crippen LogP contribution >= 0.6 is 0 Å². The van der Waals surface area contributed by atoms with Crippen molar-refractivity contribution in [3.63, 3.8) is 0 Å². The number of benzene rings is 1. The Bertz CT molecular complexity index is 1070. The SMILES string of the molecule is CCN(CC)S(=O)(=O)c1ccc2c(c1)nc(CCC(=O)N1CCCC1C1CCCC1)n2C. The summed E-state index contributed by atoms with van der Waals surface area (Å²) < 4.78 is 29.2. The molecule has 2 fully saturated rings. The van der Waals surface area contributed by atoms with E-state index < -0.39 is 10.0 Å². The van der Waals surface area contributed by atoms with Gasteiger partial charge in [0.1, 0.15) is 5.82 Å². The van der Waals surface area contributed by atoms with Gasteiger partial charge in [-0.2, -0.15) is 4.31 Å². The van der Waals surface area contributed by atoms with E-state index in [1.165, 1.54) is 30.0 Å². The minimum absolute atomic E-state index is 0.233. The Hall–Kier alpha value is -1.93. The highest BCUT2D eigenvalue weighted by atomic mass is 32.2. The lowest BCUT2D eigenvalue weighted by atomic mass is 9.96. The summed E-state index contributed by atoms with van der Waals surface area (Å²) in [6.45, 7) is 5.44. The van der Waals surface area contributed by atoms with Crippen molar-refractivity contribution < 1.29 is 13.2 Å². The summed E-state index contributed by atoms with van der Waals surface area (Å²) in [5.74, 6) is 1.74. The van der Waals surface area contributed by atoms with Crippen LogP contribution in [-0.2, 0) is 28.3 Å². The van der Waals surface area contributed by atoms with Gasteiger partial charge >= 0.3 is 0 Å². The normalized spacial score (nSPS) is 20.1. The number of sulfonamides is 1. The van der Waals surface area contributed by atoms with E-state index in [9.17, 15) is 13.2 Å². The second kappa shape index (κ2) is 9.51. The molecule has 2 aromatic rings. The number of rotatable bonds is 8. The third kappa shape index (κ3) is 4.31. The molecule has 1 atom stereocenters. The van der Waals surface area contributed by atoms with E-state index in [2.05, 4.69) is 4.90 Å². The van der Waals surface area contributed by atoms with E-state index in [0.29, 0.717) is 43.4 Å². The van der Waals surface area contributed by atoms with E-state index in [0.717, 1.165) is 30.7 Å². The monoisotopic (exact) mass is 460 g/mol. The number of hydrogen-bond donors (Lipinski definition) is 0. The lowest BCUT2D eigenvalue weighted by molar-refractivity contribution is -0.132. The molecule has 1 amide bonds. The fraction of sp³-hybridized carbons (Fsp3) is 0.667. The van der Waals surface area contributed by atoms with Crippen LogP contribution in [0.3, 0.4) is 0 Å². The predicted octanol–water partition coefficient (Wildman–Crippen LogP) is 3.72. The maximum absolute atomic E-state index is 13.0. The molecule has 0 radical (unpaired) electrons. The molecular weight excluding hydrogens is 424 g/mol. The van der Waals surface area contributed by atoms with Crippen molar-refractivity contribution >= 4 is 27.0 Å². The molecule has 176 valence electrons. The van der Waals surface area contributed by atoms with E-state index in [1.54, 1.807) is 12.1 Å². The van der Waals surface area contributed by atoms with E-state index >= 15 is 0 Å². The molecule has 1 saturated heterocycles. The van der Waals surface area contributed by atoms with Crippen molar-refractivity contribution in [2.75, 3.05) is 19.6 Å². The first-order chi connectivity index (χ1) is 15.4. The van der Waals surface area contributed by atoms with Crippen LogP contribution in [0.15, 0.2) is 23.1 Å². The first-order valence-corrected chi connectivity index (χ1v) is 13.6. The fourth-order valence-corrected chi connectivity index (χ4v) is 7.10. The van der Waals surface area contributed by atoms with Gasteiger partial charge in [0, 0.05) is 45.6 Å². The highest BCUT2D eigenvalue weighted by Gasteiger charge is 2.35. The molecule has 0 N–H and O–H groups in total. The third-order valence-corrected chi connectivity index (χ3v) is 9.46. The zero-order valence-electron chi connectivity index (χ0n) is 19.6. The number of likely N-dealkylation sites (tertiary alicyclic amines) is 1. The number of carbonyl (C=O) groups is 1. The molecule has 1 unspecified atom stereocenters. The summed E-state index contributed by atoms with van der Waals surface area (Å²) in [5, 5.41) is 0. The number of aryl methyl sites for hydroxylation is 2.